The molecular formula is C4H13O5P. The monoisotopic (exact) mass is 172 g/mol. The van der Waals surface area contributed by atoms with Gasteiger partial charge in [0, 0.05) is 0 Å². The first-order chi connectivity index (χ1) is 4.24. The lowest BCUT2D eigenvalue weighted by atomic mass is 11.6. The van der Waals surface area contributed by atoms with Crippen molar-refractivity contribution in [2.75, 3.05) is 25.4 Å². The number of aliphatic hydroxyl groups excluding tert-OH is 4. The summed E-state index contributed by atoms with van der Waals surface area (Å²) < 4.78 is 0. The van der Waals surface area contributed by atoms with Crippen LogP contribution < -0.4 is 0 Å². The van der Waals surface area contributed by atoms with Crippen molar-refractivity contribution in [2.24, 2.45) is 0 Å². The van der Waals surface area contributed by atoms with Crippen LogP contribution in [0.3, 0.4) is 0 Å². The second-order valence-electron chi connectivity index (χ2n) is 1.91. The maximum atomic E-state index is 8.55. The van der Waals surface area contributed by atoms with Crippen molar-refractivity contribution in [3.05, 3.63) is 0 Å². The van der Waals surface area contributed by atoms with Gasteiger partial charge in [-0.3, -0.25) is 0 Å². The average Bonchev–Trinajstić information content (AvgIpc) is 1.95. The molecule has 5 nitrogen and oxygen atoms in total. The van der Waals surface area contributed by atoms with Gasteiger partial charge in [0.2, 0.25) is 0 Å². The summed E-state index contributed by atoms with van der Waals surface area (Å²) in [5.41, 5.74) is 0. The molecule has 0 fully saturated rings. The van der Waals surface area contributed by atoms with Gasteiger partial charge in [0.1, 0.15) is 7.26 Å². The Labute approximate surface area is 59.6 Å². The quantitative estimate of drug-likeness (QED) is 0.391. The minimum atomic E-state index is -2.20. The lowest BCUT2D eigenvalue weighted by molar-refractivity contribution is 0.288. The molecule has 0 amide bonds. The van der Waals surface area contributed by atoms with E-state index in [1.807, 2.05) is 0 Å². The van der Waals surface area contributed by atoms with E-state index >= 15 is 0 Å². The van der Waals surface area contributed by atoms with Gasteiger partial charge in [-0.1, -0.05) is 0 Å². The third-order valence-electron chi connectivity index (χ3n) is 1.20. The molecule has 0 aliphatic carbocycles. The minimum Gasteiger partial charge on any atom is -0.870 e. The largest absolute Gasteiger partial charge is 0.870 e. The van der Waals surface area contributed by atoms with Crippen LogP contribution in [0.2, 0.25) is 0 Å². The van der Waals surface area contributed by atoms with Crippen LogP contribution in [0.1, 0.15) is 0 Å². The molecule has 0 unspecified atom stereocenters. The summed E-state index contributed by atoms with van der Waals surface area (Å²) in [4.78, 5) is 0. The predicted molar refractivity (Wildman–Crippen MR) is 37.2 cm³/mol. The number of hydrogen-bond donors (Lipinski definition) is 4. The molecule has 0 aliphatic heterocycles. The maximum Gasteiger partial charge on any atom is 0.161 e. The van der Waals surface area contributed by atoms with Crippen LogP contribution in [0.5, 0.6) is 0 Å². The van der Waals surface area contributed by atoms with Gasteiger partial charge in [-0.25, -0.2) is 0 Å². The highest BCUT2D eigenvalue weighted by Crippen LogP contribution is 2.54. The van der Waals surface area contributed by atoms with E-state index in [-0.39, 0.29) is 30.9 Å². The minimum absolute atomic E-state index is 0. The van der Waals surface area contributed by atoms with Gasteiger partial charge in [-0.2, -0.15) is 0 Å². The highest BCUT2D eigenvalue weighted by molar-refractivity contribution is 7.75. The number of hydrogen-bond acceptors (Lipinski definition) is 5. The summed E-state index contributed by atoms with van der Waals surface area (Å²) in [5.74, 6) is 0. The van der Waals surface area contributed by atoms with E-state index in [4.69, 9.17) is 20.4 Å². The zero-order chi connectivity index (χ0) is 7.33. The van der Waals surface area contributed by atoms with Gasteiger partial charge in [0.05, 0.1) is 0 Å². The fourth-order valence-corrected chi connectivity index (χ4v) is 0.805. The predicted octanol–water partition coefficient (Wildman–Crippen LogP) is -1.37. The van der Waals surface area contributed by atoms with Gasteiger partial charge in [-0.15, -0.1) is 0 Å². The van der Waals surface area contributed by atoms with E-state index in [1.165, 1.54) is 0 Å². The Hall–Kier alpha value is 0.230. The van der Waals surface area contributed by atoms with Crippen LogP contribution in [0.15, 0.2) is 0 Å². The Balaban J connectivity index is 0. The van der Waals surface area contributed by atoms with Gasteiger partial charge < -0.3 is 25.9 Å². The van der Waals surface area contributed by atoms with Crippen molar-refractivity contribution < 1.29 is 25.9 Å². The Morgan fingerprint density at radius 1 is 0.700 bits per heavy atom. The zero-order valence-corrected chi connectivity index (χ0v) is 6.41. The summed E-state index contributed by atoms with van der Waals surface area (Å²) in [6.45, 7) is 0. The number of aliphatic hydroxyl groups is 4. The summed E-state index contributed by atoms with van der Waals surface area (Å²) in [5, 5.41) is 34.2. The topological polar surface area (TPSA) is 111 Å². The van der Waals surface area contributed by atoms with Crippen LogP contribution in [-0.4, -0.2) is 51.3 Å². The molecule has 0 saturated heterocycles. The SMILES string of the molecule is OC[P+](CO)(CO)CO.[OH-]. The van der Waals surface area contributed by atoms with E-state index in [0.717, 1.165) is 0 Å². The first-order valence-corrected chi connectivity index (χ1v) is 5.06. The third kappa shape index (κ3) is 2.88. The van der Waals surface area contributed by atoms with Crippen LogP contribution in [0.4, 0.5) is 0 Å². The van der Waals surface area contributed by atoms with Crippen molar-refractivity contribution in [3.63, 3.8) is 0 Å². The molecule has 0 saturated carbocycles. The lowest BCUT2D eigenvalue weighted by Crippen LogP contribution is -2.10. The first-order valence-electron chi connectivity index (χ1n) is 2.53. The molecule has 0 spiro atoms. The smallest absolute Gasteiger partial charge is 0.161 e. The third-order valence-corrected chi connectivity index (χ3v) is 3.60. The van der Waals surface area contributed by atoms with Crippen LogP contribution in [0, 0.1) is 0 Å². The van der Waals surface area contributed by atoms with Crippen LogP contribution >= 0.6 is 7.26 Å². The molecule has 0 radical (unpaired) electrons. The lowest BCUT2D eigenvalue weighted by Gasteiger charge is -2.15. The molecule has 0 atom stereocenters. The average molecular weight is 172 g/mol. The Kier molecular flexibility index (Phi) is 7.69. The van der Waals surface area contributed by atoms with Crippen molar-refractivity contribution in [1.82, 2.24) is 0 Å². The highest BCUT2D eigenvalue weighted by atomic mass is 31.2. The van der Waals surface area contributed by atoms with Crippen molar-refractivity contribution in [1.29, 1.82) is 0 Å². The van der Waals surface area contributed by atoms with Gasteiger partial charge in [0.25, 0.3) is 0 Å². The molecule has 0 aliphatic rings. The van der Waals surface area contributed by atoms with Gasteiger partial charge in [0.15, 0.2) is 25.4 Å². The Bertz CT molecular complexity index is 56.5. The standard InChI is InChI=1S/C4H12O4P.H2O/c5-1-9(2-6,3-7)4-8;/h5-8H,1-4H2;1H2/q+1;/p-1. The van der Waals surface area contributed by atoms with Crippen LogP contribution in [-0.2, 0) is 0 Å². The zero-order valence-electron chi connectivity index (χ0n) is 5.51. The second-order valence-corrected chi connectivity index (χ2v) is 5.72. The summed E-state index contributed by atoms with van der Waals surface area (Å²) >= 11 is 0. The van der Waals surface area contributed by atoms with E-state index in [1.54, 1.807) is 0 Å². The molecule has 0 aromatic carbocycles. The number of rotatable bonds is 4. The molecule has 64 valence electrons. The van der Waals surface area contributed by atoms with E-state index < -0.39 is 7.26 Å². The molecule has 0 aromatic heterocycles. The molecule has 0 rings (SSSR count). The molecule has 6 heteroatoms. The van der Waals surface area contributed by atoms with E-state index in [9.17, 15) is 0 Å². The normalized spacial score (nSPS) is 10.8. The van der Waals surface area contributed by atoms with Crippen LogP contribution in [0.25, 0.3) is 0 Å². The summed E-state index contributed by atoms with van der Waals surface area (Å²) in [7, 11) is -2.20. The maximum absolute atomic E-state index is 8.55. The van der Waals surface area contributed by atoms with Gasteiger partial charge in [-0.05, 0) is 0 Å². The molecule has 0 heterocycles. The van der Waals surface area contributed by atoms with Crippen molar-refractivity contribution in [3.8, 4) is 0 Å². The van der Waals surface area contributed by atoms with Crippen molar-refractivity contribution >= 4 is 7.26 Å². The summed E-state index contributed by atoms with van der Waals surface area (Å²) in [6.07, 6.45) is -1.18. The van der Waals surface area contributed by atoms with E-state index in [2.05, 4.69) is 0 Å². The first kappa shape index (κ1) is 12.9. The summed E-state index contributed by atoms with van der Waals surface area (Å²) in [6, 6.07) is 0. The van der Waals surface area contributed by atoms with E-state index in [0.29, 0.717) is 0 Å². The van der Waals surface area contributed by atoms with Crippen molar-refractivity contribution in [2.45, 2.75) is 0 Å². The molecule has 10 heavy (non-hydrogen) atoms. The molecule has 5 N–H and O–H groups in total. The molecule has 0 aromatic rings. The fraction of sp³-hybridized carbons (Fsp3) is 1.00. The Morgan fingerprint density at radius 3 is 0.900 bits per heavy atom. The fourth-order valence-electron chi connectivity index (χ4n) is 0.268. The molecule has 0 bridgehead atoms. The van der Waals surface area contributed by atoms with Gasteiger partial charge >= 0.3 is 0 Å². The molecular weight excluding hydrogens is 159 g/mol. The highest BCUT2D eigenvalue weighted by Gasteiger charge is 2.34. The second kappa shape index (κ2) is 5.97. The Morgan fingerprint density at radius 2 is 0.900 bits per heavy atom.